The van der Waals surface area contributed by atoms with E-state index in [1.54, 1.807) is 13.1 Å². The number of tetrazole rings is 1. The predicted octanol–water partition coefficient (Wildman–Crippen LogP) is 1.59. The molecule has 0 unspecified atom stereocenters. The summed E-state index contributed by atoms with van der Waals surface area (Å²) in [7, 11) is 1.80. The Morgan fingerprint density at radius 1 is 1.47 bits per heavy atom. The SMILES string of the molecule is CNCc1nnnn1-c1cc(F)c(Br)cc1C. The minimum absolute atomic E-state index is 0.337. The summed E-state index contributed by atoms with van der Waals surface area (Å²) in [5, 5.41) is 14.3. The van der Waals surface area contributed by atoms with E-state index in [1.807, 2.05) is 6.92 Å². The third-order valence-electron chi connectivity index (χ3n) is 2.34. The van der Waals surface area contributed by atoms with Gasteiger partial charge in [-0.05, 0) is 52.0 Å². The van der Waals surface area contributed by atoms with Gasteiger partial charge in [0.15, 0.2) is 5.82 Å². The average molecular weight is 300 g/mol. The molecular formula is C10H11BrFN5. The first-order chi connectivity index (χ1) is 8.13. The summed E-state index contributed by atoms with van der Waals surface area (Å²) in [5.41, 5.74) is 1.53. The summed E-state index contributed by atoms with van der Waals surface area (Å²) in [4.78, 5) is 0. The molecule has 0 aliphatic carbocycles. The molecule has 7 heteroatoms. The lowest BCUT2D eigenvalue weighted by molar-refractivity contribution is 0.615. The summed E-state index contributed by atoms with van der Waals surface area (Å²) in [6, 6.07) is 3.12. The predicted molar refractivity (Wildman–Crippen MR) is 64.3 cm³/mol. The fraction of sp³-hybridized carbons (Fsp3) is 0.300. The zero-order chi connectivity index (χ0) is 12.4. The van der Waals surface area contributed by atoms with E-state index in [0.717, 1.165) is 5.56 Å². The van der Waals surface area contributed by atoms with Gasteiger partial charge in [-0.25, -0.2) is 4.39 Å². The van der Waals surface area contributed by atoms with Gasteiger partial charge in [0.05, 0.1) is 16.7 Å². The number of hydrogen-bond donors (Lipinski definition) is 1. The van der Waals surface area contributed by atoms with Crippen molar-refractivity contribution in [3.63, 3.8) is 0 Å². The van der Waals surface area contributed by atoms with Crippen molar-refractivity contribution in [1.82, 2.24) is 25.5 Å². The molecule has 0 aliphatic heterocycles. The van der Waals surface area contributed by atoms with E-state index in [1.165, 1.54) is 10.7 Å². The number of benzene rings is 1. The summed E-state index contributed by atoms with van der Waals surface area (Å²) in [6.07, 6.45) is 0. The zero-order valence-corrected chi connectivity index (χ0v) is 11.0. The normalized spacial score (nSPS) is 10.8. The summed E-state index contributed by atoms with van der Waals surface area (Å²) < 4.78 is 15.5. The molecule has 17 heavy (non-hydrogen) atoms. The molecule has 0 bridgehead atoms. The second-order valence-electron chi connectivity index (χ2n) is 3.59. The topological polar surface area (TPSA) is 55.6 Å². The molecule has 1 aromatic carbocycles. The highest BCUT2D eigenvalue weighted by atomic mass is 79.9. The molecule has 90 valence electrons. The van der Waals surface area contributed by atoms with E-state index in [-0.39, 0.29) is 5.82 Å². The third-order valence-corrected chi connectivity index (χ3v) is 2.94. The van der Waals surface area contributed by atoms with E-state index in [2.05, 4.69) is 36.8 Å². The van der Waals surface area contributed by atoms with Crippen LogP contribution in [0.4, 0.5) is 4.39 Å². The van der Waals surface area contributed by atoms with Gasteiger partial charge >= 0.3 is 0 Å². The van der Waals surface area contributed by atoms with Crippen LogP contribution in [0, 0.1) is 12.7 Å². The van der Waals surface area contributed by atoms with Gasteiger partial charge in [-0.1, -0.05) is 0 Å². The highest BCUT2D eigenvalue weighted by Crippen LogP contribution is 2.23. The number of nitrogens with one attached hydrogen (secondary N) is 1. The number of aryl methyl sites for hydroxylation is 1. The molecule has 0 saturated heterocycles. The molecule has 1 heterocycles. The standard InChI is InChI=1S/C10H11BrFN5/c1-6-3-7(11)8(12)4-9(6)17-10(5-13-2)14-15-16-17/h3-4,13H,5H2,1-2H3. The van der Waals surface area contributed by atoms with Crippen molar-refractivity contribution < 1.29 is 4.39 Å². The lowest BCUT2D eigenvalue weighted by Crippen LogP contribution is -2.13. The Hall–Kier alpha value is -1.34. The molecule has 1 N–H and O–H groups in total. The first kappa shape index (κ1) is 12.1. The Morgan fingerprint density at radius 2 is 2.24 bits per heavy atom. The lowest BCUT2D eigenvalue weighted by Gasteiger charge is -2.08. The minimum atomic E-state index is -0.337. The smallest absolute Gasteiger partial charge is 0.170 e. The Labute approximate surface area is 106 Å². The van der Waals surface area contributed by atoms with Gasteiger partial charge in [-0.15, -0.1) is 5.10 Å². The van der Waals surface area contributed by atoms with E-state index < -0.39 is 0 Å². The van der Waals surface area contributed by atoms with Crippen molar-refractivity contribution in [2.45, 2.75) is 13.5 Å². The van der Waals surface area contributed by atoms with Crippen LogP contribution in [0.5, 0.6) is 0 Å². The van der Waals surface area contributed by atoms with Crippen molar-refractivity contribution in [2.75, 3.05) is 7.05 Å². The summed E-state index contributed by atoms with van der Waals surface area (Å²) in [5.74, 6) is 0.300. The number of hydrogen-bond acceptors (Lipinski definition) is 4. The molecule has 2 rings (SSSR count). The molecule has 0 amide bonds. The fourth-order valence-corrected chi connectivity index (χ4v) is 1.98. The van der Waals surface area contributed by atoms with E-state index in [9.17, 15) is 4.39 Å². The summed E-state index contributed by atoms with van der Waals surface area (Å²) >= 11 is 3.14. The minimum Gasteiger partial charge on any atom is -0.313 e. The van der Waals surface area contributed by atoms with Crippen LogP contribution in [0.1, 0.15) is 11.4 Å². The van der Waals surface area contributed by atoms with Gasteiger partial charge in [0.25, 0.3) is 0 Å². The summed E-state index contributed by atoms with van der Waals surface area (Å²) in [6.45, 7) is 2.40. The largest absolute Gasteiger partial charge is 0.313 e. The van der Waals surface area contributed by atoms with Crippen LogP contribution < -0.4 is 5.32 Å². The Balaban J connectivity index is 2.52. The molecule has 0 radical (unpaired) electrons. The van der Waals surface area contributed by atoms with E-state index >= 15 is 0 Å². The Bertz CT molecular complexity index is 539. The van der Waals surface area contributed by atoms with Gasteiger partial charge in [0.2, 0.25) is 0 Å². The first-order valence-corrected chi connectivity index (χ1v) is 5.80. The lowest BCUT2D eigenvalue weighted by atomic mass is 10.2. The Morgan fingerprint density at radius 3 is 2.94 bits per heavy atom. The van der Waals surface area contributed by atoms with E-state index in [4.69, 9.17) is 0 Å². The van der Waals surface area contributed by atoms with Crippen LogP contribution in [-0.4, -0.2) is 27.3 Å². The van der Waals surface area contributed by atoms with Crippen LogP contribution >= 0.6 is 15.9 Å². The number of nitrogens with zero attached hydrogens (tertiary/aromatic N) is 4. The average Bonchev–Trinajstić information content (AvgIpc) is 2.72. The highest BCUT2D eigenvalue weighted by molar-refractivity contribution is 9.10. The Kier molecular flexibility index (Phi) is 3.49. The molecular weight excluding hydrogens is 289 g/mol. The molecule has 2 aromatic rings. The van der Waals surface area contributed by atoms with Crippen LogP contribution in [0.25, 0.3) is 5.69 Å². The molecule has 5 nitrogen and oxygen atoms in total. The van der Waals surface area contributed by atoms with Gasteiger partial charge in [-0.3, -0.25) is 0 Å². The van der Waals surface area contributed by atoms with Crippen LogP contribution in [0.15, 0.2) is 16.6 Å². The molecule has 0 saturated carbocycles. The van der Waals surface area contributed by atoms with Crippen LogP contribution in [0.3, 0.4) is 0 Å². The van der Waals surface area contributed by atoms with Crippen LogP contribution in [-0.2, 0) is 6.54 Å². The number of halogens is 2. The monoisotopic (exact) mass is 299 g/mol. The fourth-order valence-electron chi connectivity index (χ4n) is 1.53. The van der Waals surface area contributed by atoms with Crippen molar-refractivity contribution in [1.29, 1.82) is 0 Å². The van der Waals surface area contributed by atoms with Gasteiger partial charge in [0.1, 0.15) is 5.82 Å². The van der Waals surface area contributed by atoms with Crippen molar-refractivity contribution >= 4 is 15.9 Å². The van der Waals surface area contributed by atoms with Gasteiger partial charge in [-0.2, -0.15) is 4.68 Å². The zero-order valence-electron chi connectivity index (χ0n) is 9.41. The highest BCUT2D eigenvalue weighted by Gasteiger charge is 2.12. The molecule has 1 aromatic heterocycles. The van der Waals surface area contributed by atoms with Crippen molar-refractivity contribution in [3.05, 3.63) is 33.8 Å². The first-order valence-electron chi connectivity index (χ1n) is 5.01. The van der Waals surface area contributed by atoms with Gasteiger partial charge in [0, 0.05) is 6.07 Å². The second kappa shape index (κ2) is 4.89. The number of aromatic nitrogens is 4. The quantitative estimate of drug-likeness (QED) is 0.935. The molecule has 0 spiro atoms. The van der Waals surface area contributed by atoms with Crippen molar-refractivity contribution in [2.24, 2.45) is 0 Å². The maximum Gasteiger partial charge on any atom is 0.170 e. The maximum absolute atomic E-state index is 13.5. The van der Waals surface area contributed by atoms with Gasteiger partial charge < -0.3 is 5.32 Å². The third kappa shape index (κ3) is 2.34. The second-order valence-corrected chi connectivity index (χ2v) is 4.44. The van der Waals surface area contributed by atoms with Crippen molar-refractivity contribution in [3.8, 4) is 5.69 Å². The van der Waals surface area contributed by atoms with E-state index in [0.29, 0.717) is 22.5 Å². The molecule has 0 fully saturated rings. The van der Waals surface area contributed by atoms with Crippen LogP contribution in [0.2, 0.25) is 0 Å². The molecule has 0 aliphatic rings. The molecule has 0 atom stereocenters. The number of rotatable bonds is 3. The maximum atomic E-state index is 13.5.